The third kappa shape index (κ3) is 2.14. The molecule has 2 rings (SSSR count). The number of aromatic nitrogens is 2. The van der Waals surface area contributed by atoms with Crippen molar-refractivity contribution in [3.63, 3.8) is 0 Å². The molecule has 1 unspecified atom stereocenters. The van der Waals surface area contributed by atoms with Gasteiger partial charge in [-0.05, 0) is 24.3 Å². The highest BCUT2D eigenvalue weighted by Crippen LogP contribution is 2.28. The summed E-state index contributed by atoms with van der Waals surface area (Å²) in [4.78, 5) is 0. The van der Waals surface area contributed by atoms with Crippen LogP contribution in [0, 0.1) is 5.92 Å². The minimum atomic E-state index is -4.24. The molecule has 1 heterocycles. The van der Waals surface area contributed by atoms with E-state index in [1.54, 1.807) is 0 Å². The van der Waals surface area contributed by atoms with Gasteiger partial charge in [0.1, 0.15) is 6.54 Å². The van der Waals surface area contributed by atoms with Crippen molar-refractivity contribution in [1.82, 2.24) is 9.78 Å². The molecule has 0 bridgehead atoms. The quantitative estimate of drug-likeness (QED) is 0.812. The van der Waals surface area contributed by atoms with E-state index in [4.69, 9.17) is 5.11 Å². The first-order chi connectivity index (χ1) is 6.99. The Hall–Kier alpha value is -1.04. The van der Waals surface area contributed by atoms with Crippen LogP contribution in [-0.4, -0.2) is 27.7 Å². The normalized spacial score (nSPS) is 20.7. The minimum Gasteiger partial charge on any atom is -0.396 e. The van der Waals surface area contributed by atoms with E-state index in [0.717, 1.165) is 10.2 Å². The maximum Gasteiger partial charge on any atom is 0.408 e. The van der Waals surface area contributed by atoms with E-state index in [2.05, 4.69) is 5.10 Å². The van der Waals surface area contributed by atoms with Gasteiger partial charge < -0.3 is 5.11 Å². The summed E-state index contributed by atoms with van der Waals surface area (Å²) in [5.74, 6) is 0.0532. The number of rotatable bonds is 2. The van der Waals surface area contributed by atoms with Gasteiger partial charge in [0, 0.05) is 12.3 Å². The van der Waals surface area contributed by atoms with E-state index in [1.807, 2.05) is 0 Å². The van der Waals surface area contributed by atoms with Crippen LogP contribution in [0.5, 0.6) is 0 Å². The SMILES string of the molecule is OCC1Cc2cnn(CC(F)(F)F)c2C1. The van der Waals surface area contributed by atoms with Crippen molar-refractivity contribution in [2.45, 2.75) is 25.6 Å². The zero-order valence-electron chi connectivity index (χ0n) is 7.96. The van der Waals surface area contributed by atoms with Crippen LogP contribution in [0.25, 0.3) is 0 Å². The molecule has 0 radical (unpaired) electrons. The second-order valence-electron chi connectivity index (χ2n) is 3.85. The van der Waals surface area contributed by atoms with Crippen LogP contribution >= 0.6 is 0 Å². The highest BCUT2D eigenvalue weighted by atomic mass is 19.4. The molecule has 0 aliphatic heterocycles. The van der Waals surface area contributed by atoms with Gasteiger partial charge in [0.15, 0.2) is 0 Å². The molecule has 0 saturated carbocycles. The third-order valence-electron chi connectivity index (χ3n) is 2.61. The summed E-state index contributed by atoms with van der Waals surface area (Å²) in [6, 6.07) is 0. The Kier molecular flexibility index (Phi) is 2.46. The Morgan fingerprint density at radius 3 is 2.80 bits per heavy atom. The molecule has 0 spiro atoms. The molecule has 0 aromatic carbocycles. The zero-order valence-corrected chi connectivity index (χ0v) is 7.96. The molecule has 6 heteroatoms. The van der Waals surface area contributed by atoms with Gasteiger partial charge in [-0.15, -0.1) is 0 Å². The van der Waals surface area contributed by atoms with E-state index >= 15 is 0 Å². The fourth-order valence-corrected chi connectivity index (χ4v) is 1.95. The average molecular weight is 220 g/mol. The van der Waals surface area contributed by atoms with E-state index in [0.29, 0.717) is 18.5 Å². The second kappa shape index (κ2) is 3.52. The molecule has 1 aromatic heterocycles. The molecule has 0 amide bonds. The number of aliphatic hydroxyl groups excluding tert-OH is 1. The average Bonchev–Trinajstić information content (AvgIpc) is 2.65. The number of hydrogen-bond acceptors (Lipinski definition) is 2. The van der Waals surface area contributed by atoms with Crippen LogP contribution < -0.4 is 0 Å². The van der Waals surface area contributed by atoms with Crippen molar-refractivity contribution in [3.05, 3.63) is 17.5 Å². The number of fused-ring (bicyclic) bond motifs is 1. The Bertz CT molecular complexity index is 359. The van der Waals surface area contributed by atoms with Crippen molar-refractivity contribution >= 4 is 0 Å². The highest BCUT2D eigenvalue weighted by Gasteiger charge is 2.32. The van der Waals surface area contributed by atoms with Crippen molar-refractivity contribution < 1.29 is 18.3 Å². The summed E-state index contributed by atoms with van der Waals surface area (Å²) in [6.45, 7) is -1.03. The van der Waals surface area contributed by atoms with Crippen LogP contribution in [0.4, 0.5) is 13.2 Å². The Labute approximate surface area is 84.5 Å². The predicted octanol–water partition coefficient (Wildman–Crippen LogP) is 1.15. The molecular weight excluding hydrogens is 209 g/mol. The summed E-state index contributed by atoms with van der Waals surface area (Å²) in [5.41, 5.74) is 1.45. The smallest absolute Gasteiger partial charge is 0.396 e. The van der Waals surface area contributed by atoms with Gasteiger partial charge in [-0.2, -0.15) is 18.3 Å². The molecule has 1 aliphatic carbocycles. The van der Waals surface area contributed by atoms with Crippen LogP contribution in [0.2, 0.25) is 0 Å². The number of hydrogen-bond donors (Lipinski definition) is 1. The van der Waals surface area contributed by atoms with Gasteiger partial charge in [0.05, 0.1) is 6.20 Å². The van der Waals surface area contributed by atoms with Gasteiger partial charge in [0.25, 0.3) is 0 Å². The van der Waals surface area contributed by atoms with Gasteiger partial charge in [-0.3, -0.25) is 4.68 Å². The van der Waals surface area contributed by atoms with Gasteiger partial charge in [0.2, 0.25) is 0 Å². The highest BCUT2D eigenvalue weighted by molar-refractivity contribution is 5.24. The minimum absolute atomic E-state index is 0.0146. The topological polar surface area (TPSA) is 38.1 Å². The summed E-state index contributed by atoms with van der Waals surface area (Å²) in [7, 11) is 0. The molecular formula is C9H11F3N2O. The molecule has 84 valence electrons. The molecule has 1 aliphatic rings. The first-order valence-electron chi connectivity index (χ1n) is 4.71. The Morgan fingerprint density at radius 1 is 1.47 bits per heavy atom. The predicted molar refractivity (Wildman–Crippen MR) is 46.3 cm³/mol. The summed E-state index contributed by atoms with van der Waals surface area (Å²) >= 11 is 0. The van der Waals surface area contributed by atoms with Crippen molar-refractivity contribution in [2.24, 2.45) is 5.92 Å². The second-order valence-corrected chi connectivity index (χ2v) is 3.85. The number of aliphatic hydroxyl groups is 1. The Balaban J connectivity index is 2.16. The van der Waals surface area contributed by atoms with E-state index in [-0.39, 0.29) is 12.5 Å². The summed E-state index contributed by atoms with van der Waals surface area (Å²) in [6.07, 6.45) is -1.65. The van der Waals surface area contributed by atoms with Crippen LogP contribution in [0.15, 0.2) is 6.20 Å². The summed E-state index contributed by atoms with van der Waals surface area (Å²) in [5, 5.41) is 12.6. The van der Waals surface area contributed by atoms with Crippen molar-refractivity contribution in [1.29, 1.82) is 0 Å². The maximum absolute atomic E-state index is 12.2. The zero-order chi connectivity index (χ0) is 11.1. The molecule has 0 fully saturated rings. The lowest BCUT2D eigenvalue weighted by Crippen LogP contribution is -2.20. The molecule has 15 heavy (non-hydrogen) atoms. The number of halogens is 3. The van der Waals surface area contributed by atoms with Gasteiger partial charge >= 0.3 is 6.18 Å². The van der Waals surface area contributed by atoms with Crippen molar-refractivity contribution in [2.75, 3.05) is 6.61 Å². The van der Waals surface area contributed by atoms with E-state index in [9.17, 15) is 13.2 Å². The lowest BCUT2D eigenvalue weighted by atomic mass is 10.1. The van der Waals surface area contributed by atoms with Gasteiger partial charge in [-0.1, -0.05) is 0 Å². The summed E-state index contributed by atoms with van der Waals surface area (Å²) < 4.78 is 37.5. The molecule has 1 atom stereocenters. The first kappa shape index (κ1) is 10.5. The third-order valence-corrected chi connectivity index (χ3v) is 2.61. The molecule has 1 N–H and O–H groups in total. The molecule has 1 aromatic rings. The standard InChI is InChI=1S/C9H11F3N2O/c10-9(11,12)5-14-8-2-6(4-15)1-7(8)3-13-14/h3,6,15H,1-2,4-5H2. The molecule has 3 nitrogen and oxygen atoms in total. The van der Waals surface area contributed by atoms with Crippen molar-refractivity contribution in [3.8, 4) is 0 Å². The maximum atomic E-state index is 12.2. The largest absolute Gasteiger partial charge is 0.408 e. The van der Waals surface area contributed by atoms with Gasteiger partial charge in [-0.25, -0.2) is 0 Å². The molecule has 0 saturated heterocycles. The monoisotopic (exact) mass is 220 g/mol. The van der Waals surface area contributed by atoms with Crippen LogP contribution in [0.3, 0.4) is 0 Å². The lowest BCUT2D eigenvalue weighted by Gasteiger charge is -2.09. The lowest BCUT2D eigenvalue weighted by molar-refractivity contribution is -0.143. The van der Waals surface area contributed by atoms with Crippen LogP contribution in [0.1, 0.15) is 11.3 Å². The van der Waals surface area contributed by atoms with Crippen LogP contribution in [-0.2, 0) is 19.4 Å². The fourth-order valence-electron chi connectivity index (χ4n) is 1.95. The number of nitrogens with zero attached hydrogens (tertiary/aromatic N) is 2. The van der Waals surface area contributed by atoms with E-state index in [1.165, 1.54) is 6.20 Å². The Morgan fingerprint density at radius 2 is 2.20 bits per heavy atom. The van der Waals surface area contributed by atoms with E-state index < -0.39 is 12.7 Å². The number of alkyl halides is 3. The first-order valence-corrected chi connectivity index (χ1v) is 4.71. The fraction of sp³-hybridized carbons (Fsp3) is 0.667.